The Morgan fingerprint density at radius 2 is 1.60 bits per heavy atom. The number of alkyl halides is 3. The fourth-order valence-electron chi connectivity index (χ4n) is 2.49. The van der Waals surface area contributed by atoms with E-state index in [0.717, 1.165) is 0 Å². The number of carbonyl (C=O) groups is 1. The number of ether oxygens (including phenoxy) is 4. The molecule has 0 aromatic heterocycles. The van der Waals surface area contributed by atoms with Crippen molar-refractivity contribution in [1.29, 1.82) is 0 Å². The summed E-state index contributed by atoms with van der Waals surface area (Å²) < 4.78 is 56.9. The second-order valence-electron chi connectivity index (χ2n) is 6.06. The molecule has 2 aromatic rings. The van der Waals surface area contributed by atoms with Gasteiger partial charge in [0.1, 0.15) is 5.75 Å². The van der Waals surface area contributed by atoms with Gasteiger partial charge in [0.15, 0.2) is 18.1 Å². The van der Waals surface area contributed by atoms with Crippen LogP contribution < -0.4 is 24.3 Å². The van der Waals surface area contributed by atoms with Crippen molar-refractivity contribution in [3.63, 3.8) is 0 Å². The van der Waals surface area contributed by atoms with Crippen molar-refractivity contribution in [2.45, 2.75) is 12.7 Å². The molecule has 0 spiro atoms. The molecular formula is C21H22F3NO5. The number of methoxy groups -OCH3 is 3. The molecule has 0 radical (unpaired) electrons. The summed E-state index contributed by atoms with van der Waals surface area (Å²) in [5, 5.41) is 2.69. The van der Waals surface area contributed by atoms with Crippen molar-refractivity contribution in [3.05, 3.63) is 53.6 Å². The summed E-state index contributed by atoms with van der Waals surface area (Å²) in [6.45, 7) is -1.15. The van der Waals surface area contributed by atoms with Crippen LogP contribution in [0.3, 0.4) is 0 Å². The minimum atomic E-state index is -4.39. The second kappa shape index (κ2) is 10.4. The standard InChI is InChI=1S/C21H22F3NO5/c1-27-17-10-15(11-18(28-2)20(17)29-3)6-9-19(26)25-12-14-4-7-16(8-5-14)30-13-21(22,23)24/h4-11H,12-13H2,1-3H3,(H,25,26)/b9-6+. The molecule has 30 heavy (non-hydrogen) atoms. The quantitative estimate of drug-likeness (QED) is 0.616. The highest BCUT2D eigenvalue weighted by atomic mass is 19.4. The Labute approximate surface area is 172 Å². The Balaban J connectivity index is 1.94. The third-order valence-corrected chi connectivity index (χ3v) is 3.91. The molecule has 9 heteroatoms. The van der Waals surface area contributed by atoms with Crippen molar-refractivity contribution in [1.82, 2.24) is 5.32 Å². The Hall–Kier alpha value is -3.36. The van der Waals surface area contributed by atoms with Crippen molar-refractivity contribution in [2.24, 2.45) is 0 Å². The first-order valence-electron chi connectivity index (χ1n) is 8.80. The Kier molecular flexibility index (Phi) is 7.97. The third-order valence-electron chi connectivity index (χ3n) is 3.91. The first kappa shape index (κ1) is 22.9. The highest BCUT2D eigenvalue weighted by molar-refractivity contribution is 5.91. The van der Waals surface area contributed by atoms with Crippen LogP contribution in [0.2, 0.25) is 0 Å². The van der Waals surface area contributed by atoms with Crippen molar-refractivity contribution >= 4 is 12.0 Å². The van der Waals surface area contributed by atoms with Gasteiger partial charge in [-0.15, -0.1) is 0 Å². The maximum atomic E-state index is 12.1. The second-order valence-corrected chi connectivity index (χ2v) is 6.06. The number of benzene rings is 2. The molecule has 0 aliphatic rings. The predicted molar refractivity (Wildman–Crippen MR) is 105 cm³/mol. The van der Waals surface area contributed by atoms with E-state index in [1.54, 1.807) is 30.3 Å². The summed E-state index contributed by atoms with van der Waals surface area (Å²) in [6.07, 6.45) is -1.45. The minimum absolute atomic E-state index is 0.102. The van der Waals surface area contributed by atoms with E-state index in [4.69, 9.17) is 14.2 Å². The van der Waals surface area contributed by atoms with Crippen LogP contribution in [-0.4, -0.2) is 40.0 Å². The zero-order chi connectivity index (χ0) is 22.1. The molecule has 162 valence electrons. The molecule has 0 saturated carbocycles. The van der Waals surface area contributed by atoms with Gasteiger partial charge in [-0.1, -0.05) is 12.1 Å². The van der Waals surface area contributed by atoms with Crippen LogP contribution >= 0.6 is 0 Å². The van der Waals surface area contributed by atoms with Gasteiger partial charge in [0, 0.05) is 12.6 Å². The first-order valence-corrected chi connectivity index (χ1v) is 8.80. The van der Waals surface area contributed by atoms with Crippen LogP contribution in [0.25, 0.3) is 6.08 Å². The molecule has 0 bridgehead atoms. The lowest BCUT2D eigenvalue weighted by atomic mass is 10.1. The third kappa shape index (κ3) is 6.91. The molecule has 0 aliphatic heterocycles. The van der Waals surface area contributed by atoms with E-state index in [0.29, 0.717) is 28.4 Å². The maximum absolute atomic E-state index is 12.1. The summed E-state index contributed by atoms with van der Waals surface area (Å²) >= 11 is 0. The van der Waals surface area contributed by atoms with Gasteiger partial charge in [0.05, 0.1) is 21.3 Å². The zero-order valence-electron chi connectivity index (χ0n) is 16.7. The number of hydrogen-bond donors (Lipinski definition) is 1. The van der Waals surface area contributed by atoms with Gasteiger partial charge in [-0.3, -0.25) is 4.79 Å². The molecule has 0 saturated heterocycles. The average molecular weight is 425 g/mol. The molecular weight excluding hydrogens is 403 g/mol. The Morgan fingerprint density at radius 3 is 2.10 bits per heavy atom. The van der Waals surface area contributed by atoms with E-state index in [-0.39, 0.29) is 18.2 Å². The van der Waals surface area contributed by atoms with Gasteiger partial charge < -0.3 is 24.3 Å². The number of halogens is 3. The van der Waals surface area contributed by atoms with Crippen LogP contribution in [0.4, 0.5) is 13.2 Å². The zero-order valence-corrected chi connectivity index (χ0v) is 16.7. The molecule has 0 fully saturated rings. The number of carbonyl (C=O) groups excluding carboxylic acids is 1. The SMILES string of the molecule is COc1cc(/C=C/C(=O)NCc2ccc(OCC(F)(F)F)cc2)cc(OC)c1OC. The number of nitrogens with one attached hydrogen (secondary N) is 1. The molecule has 0 heterocycles. The van der Waals surface area contributed by atoms with Crippen LogP contribution in [0.1, 0.15) is 11.1 Å². The monoisotopic (exact) mass is 425 g/mol. The van der Waals surface area contributed by atoms with E-state index >= 15 is 0 Å². The lowest BCUT2D eigenvalue weighted by Crippen LogP contribution is -2.20. The van der Waals surface area contributed by atoms with Gasteiger partial charge in [-0.25, -0.2) is 0 Å². The van der Waals surface area contributed by atoms with Gasteiger partial charge in [-0.05, 0) is 41.5 Å². The summed E-state index contributed by atoms with van der Waals surface area (Å²) in [6, 6.07) is 9.39. The van der Waals surface area contributed by atoms with E-state index in [2.05, 4.69) is 10.1 Å². The lowest BCUT2D eigenvalue weighted by molar-refractivity contribution is -0.153. The summed E-state index contributed by atoms with van der Waals surface area (Å²) in [5.74, 6) is 1.13. The van der Waals surface area contributed by atoms with Crippen molar-refractivity contribution < 1.29 is 36.9 Å². The van der Waals surface area contributed by atoms with Gasteiger partial charge in [0.25, 0.3) is 0 Å². The summed E-state index contributed by atoms with van der Waals surface area (Å²) in [4.78, 5) is 12.1. The largest absolute Gasteiger partial charge is 0.493 e. The Bertz CT molecular complexity index is 854. The number of hydrogen-bond acceptors (Lipinski definition) is 5. The highest BCUT2D eigenvalue weighted by Gasteiger charge is 2.28. The fraction of sp³-hybridized carbons (Fsp3) is 0.286. The van der Waals surface area contributed by atoms with E-state index in [9.17, 15) is 18.0 Å². The molecule has 1 amide bonds. The van der Waals surface area contributed by atoms with Gasteiger partial charge in [-0.2, -0.15) is 13.2 Å². The average Bonchev–Trinajstić information content (AvgIpc) is 2.74. The van der Waals surface area contributed by atoms with Crippen LogP contribution in [0.15, 0.2) is 42.5 Å². The normalized spacial score (nSPS) is 11.3. The fourth-order valence-corrected chi connectivity index (χ4v) is 2.49. The smallest absolute Gasteiger partial charge is 0.422 e. The molecule has 2 aromatic carbocycles. The highest BCUT2D eigenvalue weighted by Crippen LogP contribution is 2.38. The molecule has 0 atom stereocenters. The van der Waals surface area contributed by atoms with E-state index in [1.165, 1.54) is 39.5 Å². The number of amides is 1. The van der Waals surface area contributed by atoms with Crippen molar-refractivity contribution in [2.75, 3.05) is 27.9 Å². The van der Waals surface area contributed by atoms with E-state index < -0.39 is 12.8 Å². The molecule has 6 nitrogen and oxygen atoms in total. The van der Waals surface area contributed by atoms with Gasteiger partial charge in [0.2, 0.25) is 11.7 Å². The van der Waals surface area contributed by atoms with Crippen molar-refractivity contribution in [3.8, 4) is 23.0 Å². The summed E-state index contributed by atoms with van der Waals surface area (Å²) in [5.41, 5.74) is 1.38. The minimum Gasteiger partial charge on any atom is -0.493 e. The van der Waals surface area contributed by atoms with Crippen LogP contribution in [0, 0.1) is 0 Å². The topological polar surface area (TPSA) is 66.0 Å². The van der Waals surface area contributed by atoms with Crippen LogP contribution in [-0.2, 0) is 11.3 Å². The Morgan fingerprint density at radius 1 is 1.00 bits per heavy atom. The maximum Gasteiger partial charge on any atom is 0.422 e. The van der Waals surface area contributed by atoms with E-state index in [1.807, 2.05) is 0 Å². The first-order chi connectivity index (χ1) is 14.3. The summed E-state index contributed by atoms with van der Waals surface area (Å²) in [7, 11) is 4.49. The lowest BCUT2D eigenvalue weighted by Gasteiger charge is -2.12. The number of rotatable bonds is 9. The predicted octanol–water partition coefficient (Wildman–Crippen LogP) is 3.98. The van der Waals surface area contributed by atoms with Crippen LogP contribution in [0.5, 0.6) is 23.0 Å². The molecule has 1 N–H and O–H groups in total. The van der Waals surface area contributed by atoms with Gasteiger partial charge >= 0.3 is 6.18 Å². The molecule has 0 aliphatic carbocycles. The molecule has 2 rings (SSSR count). The molecule has 0 unspecified atom stereocenters.